The number of carbonyl (C=O) groups is 1. The zero-order valence-electron chi connectivity index (χ0n) is 11.1. The molecule has 1 saturated heterocycles. The van der Waals surface area contributed by atoms with Crippen molar-refractivity contribution in [2.24, 2.45) is 5.16 Å². The molecular formula is C13H15N3O4. The van der Waals surface area contributed by atoms with Crippen molar-refractivity contribution in [3.63, 3.8) is 0 Å². The van der Waals surface area contributed by atoms with Crippen molar-refractivity contribution in [3.05, 3.63) is 39.4 Å². The van der Waals surface area contributed by atoms with Gasteiger partial charge in [-0.05, 0) is 12.5 Å². The standard InChI is InChI=1S/C13H15N3O4/c1-9-2-3-11(16(19)20)8-12(9)13(17)15-6-4-10(14-18)5-7-15/h2-3,8,18H,4-7H2,1H3. The molecular weight excluding hydrogens is 262 g/mol. The lowest BCUT2D eigenvalue weighted by Crippen LogP contribution is -2.39. The average Bonchev–Trinajstić information content (AvgIpc) is 2.47. The Morgan fingerprint density at radius 1 is 1.40 bits per heavy atom. The van der Waals surface area contributed by atoms with Crippen LogP contribution in [0.3, 0.4) is 0 Å². The number of nitro groups is 1. The molecule has 0 aromatic heterocycles. The van der Waals surface area contributed by atoms with E-state index >= 15 is 0 Å². The maximum absolute atomic E-state index is 12.4. The van der Waals surface area contributed by atoms with E-state index in [0.29, 0.717) is 42.8 Å². The third kappa shape index (κ3) is 2.76. The molecule has 1 heterocycles. The Hall–Kier alpha value is -2.44. The maximum atomic E-state index is 12.4. The van der Waals surface area contributed by atoms with E-state index in [-0.39, 0.29) is 11.6 Å². The molecule has 106 valence electrons. The predicted octanol–water partition coefficient (Wildman–Crippen LogP) is 1.97. The zero-order valence-corrected chi connectivity index (χ0v) is 11.1. The Balaban J connectivity index is 2.21. The van der Waals surface area contributed by atoms with Gasteiger partial charge in [-0.25, -0.2) is 0 Å². The summed E-state index contributed by atoms with van der Waals surface area (Å²) in [7, 11) is 0. The monoisotopic (exact) mass is 277 g/mol. The highest BCUT2D eigenvalue weighted by Crippen LogP contribution is 2.20. The summed E-state index contributed by atoms with van der Waals surface area (Å²) in [4.78, 5) is 24.3. The summed E-state index contributed by atoms with van der Waals surface area (Å²) < 4.78 is 0. The third-order valence-electron chi connectivity index (χ3n) is 3.43. The molecule has 2 rings (SSSR count). The van der Waals surface area contributed by atoms with Crippen LogP contribution < -0.4 is 0 Å². The van der Waals surface area contributed by atoms with Crippen molar-refractivity contribution in [2.45, 2.75) is 19.8 Å². The highest BCUT2D eigenvalue weighted by Gasteiger charge is 2.23. The molecule has 1 aromatic carbocycles. The molecule has 1 fully saturated rings. The van der Waals surface area contributed by atoms with Crippen LogP contribution in [-0.4, -0.2) is 39.7 Å². The van der Waals surface area contributed by atoms with Crippen LogP contribution in [0.25, 0.3) is 0 Å². The van der Waals surface area contributed by atoms with Gasteiger partial charge in [0.2, 0.25) is 0 Å². The van der Waals surface area contributed by atoms with Gasteiger partial charge >= 0.3 is 0 Å². The first-order valence-corrected chi connectivity index (χ1v) is 6.27. The van der Waals surface area contributed by atoms with E-state index in [2.05, 4.69) is 5.16 Å². The summed E-state index contributed by atoms with van der Waals surface area (Å²) in [5.74, 6) is -0.219. The quantitative estimate of drug-likeness (QED) is 0.507. The number of likely N-dealkylation sites (tertiary alicyclic amines) is 1. The van der Waals surface area contributed by atoms with E-state index in [4.69, 9.17) is 5.21 Å². The molecule has 0 unspecified atom stereocenters. The van der Waals surface area contributed by atoms with Crippen LogP contribution in [0, 0.1) is 17.0 Å². The second-order valence-corrected chi connectivity index (χ2v) is 4.71. The van der Waals surface area contributed by atoms with E-state index < -0.39 is 4.92 Å². The number of carbonyl (C=O) groups excluding carboxylic acids is 1. The van der Waals surface area contributed by atoms with Crippen molar-refractivity contribution in [1.29, 1.82) is 0 Å². The zero-order chi connectivity index (χ0) is 14.7. The van der Waals surface area contributed by atoms with Crippen LogP contribution in [0.1, 0.15) is 28.8 Å². The number of aryl methyl sites for hydroxylation is 1. The van der Waals surface area contributed by atoms with Gasteiger partial charge in [0.05, 0.1) is 10.6 Å². The maximum Gasteiger partial charge on any atom is 0.270 e. The summed E-state index contributed by atoms with van der Waals surface area (Å²) in [5, 5.41) is 22.6. The normalized spacial score (nSPS) is 15.1. The van der Waals surface area contributed by atoms with Crippen molar-refractivity contribution in [3.8, 4) is 0 Å². The van der Waals surface area contributed by atoms with Gasteiger partial charge < -0.3 is 10.1 Å². The van der Waals surface area contributed by atoms with Crippen LogP contribution in [-0.2, 0) is 0 Å². The Kier molecular flexibility index (Phi) is 3.97. The molecule has 7 nitrogen and oxygen atoms in total. The van der Waals surface area contributed by atoms with Gasteiger partial charge in [0, 0.05) is 43.6 Å². The molecule has 7 heteroatoms. The lowest BCUT2D eigenvalue weighted by atomic mass is 10.0. The number of oxime groups is 1. The Labute approximate surface area is 115 Å². The van der Waals surface area contributed by atoms with Gasteiger partial charge in [-0.1, -0.05) is 11.2 Å². The minimum Gasteiger partial charge on any atom is -0.411 e. The lowest BCUT2D eigenvalue weighted by Gasteiger charge is -2.27. The summed E-state index contributed by atoms with van der Waals surface area (Å²) in [6.45, 7) is 2.67. The molecule has 0 saturated carbocycles. The van der Waals surface area contributed by atoms with Gasteiger partial charge in [0.15, 0.2) is 0 Å². The second-order valence-electron chi connectivity index (χ2n) is 4.71. The van der Waals surface area contributed by atoms with Crippen molar-refractivity contribution in [1.82, 2.24) is 4.90 Å². The Morgan fingerprint density at radius 2 is 2.05 bits per heavy atom. The number of non-ortho nitro benzene ring substituents is 1. The van der Waals surface area contributed by atoms with Crippen LogP contribution in [0.2, 0.25) is 0 Å². The molecule has 0 radical (unpaired) electrons. The molecule has 0 spiro atoms. The van der Waals surface area contributed by atoms with E-state index in [1.165, 1.54) is 12.1 Å². The van der Waals surface area contributed by atoms with Crippen LogP contribution in [0.4, 0.5) is 5.69 Å². The highest BCUT2D eigenvalue weighted by molar-refractivity contribution is 5.97. The minimum atomic E-state index is -0.511. The fraction of sp³-hybridized carbons (Fsp3) is 0.385. The van der Waals surface area contributed by atoms with Crippen LogP contribution in [0.15, 0.2) is 23.4 Å². The number of rotatable bonds is 2. The molecule has 1 aromatic rings. The second kappa shape index (κ2) is 5.68. The fourth-order valence-corrected chi connectivity index (χ4v) is 2.19. The largest absolute Gasteiger partial charge is 0.411 e. The third-order valence-corrected chi connectivity index (χ3v) is 3.43. The fourth-order valence-electron chi connectivity index (χ4n) is 2.19. The van der Waals surface area contributed by atoms with E-state index in [9.17, 15) is 14.9 Å². The molecule has 1 aliphatic heterocycles. The Bertz CT molecular complexity index is 573. The topological polar surface area (TPSA) is 96.0 Å². The van der Waals surface area contributed by atoms with Gasteiger partial charge in [0.1, 0.15) is 0 Å². The first-order chi connectivity index (χ1) is 9.52. The summed E-state index contributed by atoms with van der Waals surface area (Å²) in [5.41, 5.74) is 1.64. The van der Waals surface area contributed by atoms with Gasteiger partial charge in [-0.2, -0.15) is 0 Å². The number of hydrogen-bond acceptors (Lipinski definition) is 5. The number of hydrogen-bond donors (Lipinski definition) is 1. The van der Waals surface area contributed by atoms with E-state index in [0.717, 1.165) is 0 Å². The smallest absolute Gasteiger partial charge is 0.270 e. The molecule has 0 bridgehead atoms. The highest BCUT2D eigenvalue weighted by atomic mass is 16.6. The molecule has 1 N–H and O–H groups in total. The molecule has 1 amide bonds. The van der Waals surface area contributed by atoms with E-state index in [1.54, 1.807) is 17.9 Å². The number of nitrogens with zero attached hydrogens (tertiary/aromatic N) is 3. The number of piperidine rings is 1. The lowest BCUT2D eigenvalue weighted by molar-refractivity contribution is -0.384. The predicted molar refractivity (Wildman–Crippen MR) is 72.2 cm³/mol. The van der Waals surface area contributed by atoms with Crippen LogP contribution in [0.5, 0.6) is 0 Å². The molecule has 20 heavy (non-hydrogen) atoms. The molecule has 0 aliphatic carbocycles. The van der Waals surface area contributed by atoms with Gasteiger partial charge in [-0.15, -0.1) is 0 Å². The number of nitro benzene ring substituents is 1. The molecule has 0 atom stereocenters. The summed E-state index contributed by atoms with van der Waals surface area (Å²) >= 11 is 0. The number of amides is 1. The van der Waals surface area contributed by atoms with Gasteiger partial charge in [0.25, 0.3) is 11.6 Å². The first-order valence-electron chi connectivity index (χ1n) is 6.27. The SMILES string of the molecule is Cc1ccc([N+](=O)[O-])cc1C(=O)N1CCC(=NO)CC1. The van der Waals surface area contributed by atoms with Crippen molar-refractivity contribution < 1.29 is 14.9 Å². The summed E-state index contributed by atoms with van der Waals surface area (Å²) in [6.07, 6.45) is 1.05. The van der Waals surface area contributed by atoms with Crippen LogP contribution >= 0.6 is 0 Å². The number of benzene rings is 1. The van der Waals surface area contributed by atoms with Crippen molar-refractivity contribution >= 4 is 17.3 Å². The average molecular weight is 277 g/mol. The van der Waals surface area contributed by atoms with E-state index in [1.807, 2.05) is 0 Å². The minimum absolute atomic E-state index is 0.0893. The Morgan fingerprint density at radius 3 is 2.60 bits per heavy atom. The molecule has 1 aliphatic rings. The van der Waals surface area contributed by atoms with Crippen molar-refractivity contribution in [2.75, 3.05) is 13.1 Å². The van der Waals surface area contributed by atoms with Gasteiger partial charge in [-0.3, -0.25) is 14.9 Å². The first kappa shape index (κ1) is 14.0. The summed E-state index contributed by atoms with van der Waals surface area (Å²) in [6, 6.07) is 4.28.